The molecule has 1 unspecified atom stereocenters. The average molecular weight is 284 g/mol. The Morgan fingerprint density at radius 1 is 0.950 bits per heavy atom. The van der Waals surface area contributed by atoms with Gasteiger partial charge in [-0.25, -0.2) is 0 Å². The third-order valence-corrected chi connectivity index (χ3v) is 2.66. The normalized spacial score (nSPS) is 12.3. The van der Waals surface area contributed by atoms with Gasteiger partial charge in [0, 0.05) is 12.7 Å². The molecular weight excluding hydrogens is 260 g/mol. The van der Waals surface area contributed by atoms with Crippen molar-refractivity contribution in [2.75, 3.05) is 46.8 Å². The lowest BCUT2D eigenvalue weighted by molar-refractivity contribution is 0.0177. The van der Waals surface area contributed by atoms with Gasteiger partial charge in [0.1, 0.15) is 12.4 Å². The smallest absolute Gasteiger partial charge is 0.125 e. The Kier molecular flexibility index (Phi) is 8.98. The molecule has 1 aromatic rings. The lowest BCUT2D eigenvalue weighted by Crippen LogP contribution is -2.13. The zero-order chi connectivity index (χ0) is 14.6. The molecule has 0 saturated heterocycles. The second-order valence-corrected chi connectivity index (χ2v) is 4.28. The van der Waals surface area contributed by atoms with Crippen LogP contribution >= 0.6 is 0 Å². The lowest BCUT2D eigenvalue weighted by Gasteiger charge is -2.13. The highest BCUT2D eigenvalue weighted by Crippen LogP contribution is 2.24. The molecule has 20 heavy (non-hydrogen) atoms. The molecule has 0 spiro atoms. The quantitative estimate of drug-likeness (QED) is 0.628. The molecule has 0 saturated carbocycles. The van der Waals surface area contributed by atoms with Crippen LogP contribution in [-0.4, -0.2) is 51.9 Å². The van der Waals surface area contributed by atoms with E-state index in [9.17, 15) is 5.11 Å². The summed E-state index contributed by atoms with van der Waals surface area (Å²) in [6.45, 7) is 4.91. The van der Waals surface area contributed by atoms with E-state index in [1.807, 2.05) is 24.3 Å². The number of para-hydroxylation sites is 1. The molecule has 1 atom stereocenters. The Morgan fingerprint density at radius 2 is 1.55 bits per heavy atom. The fourth-order valence-corrected chi connectivity index (χ4v) is 1.63. The van der Waals surface area contributed by atoms with E-state index in [4.69, 9.17) is 18.9 Å². The van der Waals surface area contributed by atoms with E-state index in [0.29, 0.717) is 45.4 Å². The minimum absolute atomic E-state index is 0.446. The number of ether oxygens (including phenoxy) is 4. The Hall–Kier alpha value is -1.14. The van der Waals surface area contributed by atoms with Gasteiger partial charge in [-0.2, -0.15) is 0 Å². The molecule has 1 N–H and O–H groups in total. The van der Waals surface area contributed by atoms with Crippen LogP contribution in [-0.2, 0) is 14.2 Å². The van der Waals surface area contributed by atoms with Crippen LogP contribution in [0.4, 0.5) is 0 Å². The van der Waals surface area contributed by atoms with Crippen molar-refractivity contribution in [3.8, 4) is 5.75 Å². The highest BCUT2D eigenvalue weighted by Gasteiger charge is 2.07. The van der Waals surface area contributed by atoms with E-state index >= 15 is 0 Å². The maximum atomic E-state index is 9.61. The van der Waals surface area contributed by atoms with Crippen molar-refractivity contribution >= 4 is 0 Å². The van der Waals surface area contributed by atoms with Crippen molar-refractivity contribution in [1.82, 2.24) is 0 Å². The summed E-state index contributed by atoms with van der Waals surface area (Å²) in [5, 5.41) is 9.61. The second-order valence-electron chi connectivity index (χ2n) is 4.28. The van der Waals surface area contributed by atoms with Crippen molar-refractivity contribution in [1.29, 1.82) is 0 Å². The fraction of sp³-hybridized carbons (Fsp3) is 0.600. The molecule has 0 heterocycles. The maximum absolute atomic E-state index is 9.61. The van der Waals surface area contributed by atoms with Gasteiger partial charge < -0.3 is 24.1 Å². The minimum Gasteiger partial charge on any atom is -0.491 e. The molecule has 1 aromatic carbocycles. The molecular formula is C15H24O5. The first kappa shape index (κ1) is 16.9. The van der Waals surface area contributed by atoms with Crippen LogP contribution in [0.5, 0.6) is 5.75 Å². The van der Waals surface area contributed by atoms with Gasteiger partial charge in [0.05, 0.1) is 39.1 Å². The molecule has 1 rings (SSSR count). The summed E-state index contributed by atoms with van der Waals surface area (Å²) < 4.78 is 21.1. The molecule has 0 aromatic heterocycles. The zero-order valence-electron chi connectivity index (χ0n) is 12.2. The van der Waals surface area contributed by atoms with Crippen molar-refractivity contribution in [2.45, 2.75) is 13.0 Å². The zero-order valence-corrected chi connectivity index (χ0v) is 12.2. The fourth-order valence-electron chi connectivity index (χ4n) is 1.63. The van der Waals surface area contributed by atoms with Gasteiger partial charge in [0.2, 0.25) is 0 Å². The first-order chi connectivity index (χ1) is 9.75. The molecule has 0 aliphatic rings. The molecule has 0 radical (unpaired) electrons. The van der Waals surface area contributed by atoms with Crippen LogP contribution in [0.3, 0.4) is 0 Å². The predicted octanol–water partition coefficient (Wildman–Crippen LogP) is 1.80. The Bertz CT molecular complexity index is 354. The molecule has 0 bridgehead atoms. The molecule has 0 aliphatic carbocycles. The van der Waals surface area contributed by atoms with Crippen LogP contribution in [0.2, 0.25) is 0 Å². The van der Waals surface area contributed by atoms with Gasteiger partial charge in [-0.05, 0) is 13.0 Å². The SMILES string of the molecule is COCCOCCOCCOc1ccccc1C(C)O. The highest BCUT2D eigenvalue weighted by molar-refractivity contribution is 5.34. The van der Waals surface area contributed by atoms with Gasteiger partial charge in [-0.15, -0.1) is 0 Å². The Morgan fingerprint density at radius 3 is 2.20 bits per heavy atom. The predicted molar refractivity (Wildman–Crippen MR) is 76.1 cm³/mol. The molecule has 5 heteroatoms. The van der Waals surface area contributed by atoms with E-state index in [1.54, 1.807) is 14.0 Å². The summed E-state index contributed by atoms with van der Waals surface area (Å²) in [6, 6.07) is 7.45. The number of hydrogen-bond donors (Lipinski definition) is 1. The molecule has 0 amide bonds. The van der Waals surface area contributed by atoms with Crippen LogP contribution in [0.25, 0.3) is 0 Å². The number of methoxy groups -OCH3 is 1. The van der Waals surface area contributed by atoms with E-state index in [2.05, 4.69) is 0 Å². The van der Waals surface area contributed by atoms with Gasteiger partial charge in [-0.1, -0.05) is 18.2 Å². The number of rotatable bonds is 11. The van der Waals surface area contributed by atoms with Crippen LogP contribution in [0.15, 0.2) is 24.3 Å². The van der Waals surface area contributed by atoms with Crippen molar-refractivity contribution in [3.05, 3.63) is 29.8 Å². The lowest BCUT2D eigenvalue weighted by atomic mass is 10.1. The van der Waals surface area contributed by atoms with Gasteiger partial charge in [0.15, 0.2) is 0 Å². The van der Waals surface area contributed by atoms with Crippen LogP contribution in [0.1, 0.15) is 18.6 Å². The summed E-state index contributed by atoms with van der Waals surface area (Å²) in [6.07, 6.45) is -0.540. The first-order valence-electron chi connectivity index (χ1n) is 6.80. The number of aliphatic hydroxyl groups is 1. The average Bonchev–Trinajstić information content (AvgIpc) is 2.46. The Balaban J connectivity index is 2.10. The van der Waals surface area contributed by atoms with E-state index in [-0.39, 0.29) is 0 Å². The summed E-state index contributed by atoms with van der Waals surface area (Å²) >= 11 is 0. The van der Waals surface area contributed by atoms with Gasteiger partial charge >= 0.3 is 0 Å². The summed E-state index contributed by atoms with van der Waals surface area (Å²) in [5.74, 6) is 0.697. The van der Waals surface area contributed by atoms with Crippen LogP contribution in [0, 0.1) is 0 Å². The number of aliphatic hydroxyl groups excluding tert-OH is 1. The summed E-state index contributed by atoms with van der Waals surface area (Å²) in [5.41, 5.74) is 0.787. The third kappa shape index (κ3) is 6.86. The van der Waals surface area contributed by atoms with E-state index in [0.717, 1.165) is 5.56 Å². The molecule has 114 valence electrons. The number of benzene rings is 1. The largest absolute Gasteiger partial charge is 0.491 e. The van der Waals surface area contributed by atoms with Gasteiger partial charge in [0.25, 0.3) is 0 Å². The molecule has 0 fully saturated rings. The highest BCUT2D eigenvalue weighted by atomic mass is 16.6. The Labute approximate surface area is 120 Å². The summed E-state index contributed by atoms with van der Waals surface area (Å²) in [7, 11) is 1.64. The summed E-state index contributed by atoms with van der Waals surface area (Å²) in [4.78, 5) is 0. The standard InChI is InChI=1S/C15H24O5/c1-13(16)14-5-3-4-6-15(14)20-12-11-19-10-9-18-8-7-17-2/h3-6,13,16H,7-12H2,1-2H3. The minimum atomic E-state index is -0.540. The van der Waals surface area contributed by atoms with Crippen molar-refractivity contribution in [3.63, 3.8) is 0 Å². The molecule has 0 aliphatic heterocycles. The van der Waals surface area contributed by atoms with E-state index < -0.39 is 6.10 Å². The van der Waals surface area contributed by atoms with Gasteiger partial charge in [-0.3, -0.25) is 0 Å². The first-order valence-corrected chi connectivity index (χ1v) is 6.80. The van der Waals surface area contributed by atoms with Crippen molar-refractivity contribution < 1.29 is 24.1 Å². The molecule has 5 nitrogen and oxygen atoms in total. The van der Waals surface area contributed by atoms with Crippen LogP contribution < -0.4 is 4.74 Å². The van der Waals surface area contributed by atoms with E-state index in [1.165, 1.54) is 0 Å². The maximum Gasteiger partial charge on any atom is 0.125 e. The number of hydrogen-bond acceptors (Lipinski definition) is 5. The second kappa shape index (κ2) is 10.6. The third-order valence-electron chi connectivity index (χ3n) is 2.66. The topological polar surface area (TPSA) is 57.2 Å². The van der Waals surface area contributed by atoms with Crippen molar-refractivity contribution in [2.24, 2.45) is 0 Å². The monoisotopic (exact) mass is 284 g/mol.